The van der Waals surface area contributed by atoms with Crippen molar-refractivity contribution in [2.45, 2.75) is 78.9 Å². The van der Waals surface area contributed by atoms with E-state index in [2.05, 4.69) is 62.1 Å². The molecule has 0 unspecified atom stereocenters. The molecule has 2 aromatic carbocycles. The molecule has 2 aromatic rings. The molecule has 4 nitrogen and oxygen atoms in total. The number of esters is 1. The van der Waals surface area contributed by atoms with Crippen LogP contribution in [0.3, 0.4) is 0 Å². The van der Waals surface area contributed by atoms with Crippen LogP contribution < -0.4 is 4.74 Å². The summed E-state index contributed by atoms with van der Waals surface area (Å²) >= 11 is 0. The molecule has 4 heteroatoms. The lowest BCUT2D eigenvalue weighted by Crippen LogP contribution is -2.36. The van der Waals surface area contributed by atoms with Crippen LogP contribution in [0.25, 0.3) is 10.8 Å². The normalized spacial score (nSPS) is 22.9. The largest absolute Gasteiger partial charge is 0.490 e. The SMILES string of the molecule is CCOC(=O)C1CCN(Cc2cccc3c(O[C@H]4CC[C@H](C(C)(C)C)CC4)cccc23)CC1. The molecule has 1 aliphatic heterocycles. The molecule has 0 atom stereocenters. The molecule has 1 saturated carbocycles. The molecule has 0 bridgehead atoms. The first-order valence-corrected chi connectivity index (χ1v) is 12.9. The summed E-state index contributed by atoms with van der Waals surface area (Å²) in [4.78, 5) is 14.5. The van der Waals surface area contributed by atoms with E-state index in [9.17, 15) is 4.79 Å². The Kier molecular flexibility index (Phi) is 7.63. The van der Waals surface area contributed by atoms with Crippen molar-refractivity contribution in [3.63, 3.8) is 0 Å². The zero-order chi connectivity index (χ0) is 23.4. The van der Waals surface area contributed by atoms with Gasteiger partial charge in [0.15, 0.2) is 0 Å². The Morgan fingerprint density at radius 1 is 0.939 bits per heavy atom. The van der Waals surface area contributed by atoms with Gasteiger partial charge in [0.1, 0.15) is 5.75 Å². The van der Waals surface area contributed by atoms with Crippen molar-refractivity contribution in [3.8, 4) is 5.75 Å². The molecule has 1 saturated heterocycles. The molecule has 4 rings (SSSR count). The molecule has 0 amide bonds. The average molecular weight is 452 g/mol. The van der Waals surface area contributed by atoms with Gasteiger partial charge < -0.3 is 9.47 Å². The van der Waals surface area contributed by atoms with Gasteiger partial charge in [-0.05, 0) is 86.9 Å². The summed E-state index contributed by atoms with van der Waals surface area (Å²) in [6.45, 7) is 12.2. The molecule has 1 heterocycles. The van der Waals surface area contributed by atoms with E-state index in [0.29, 0.717) is 18.1 Å². The van der Waals surface area contributed by atoms with Gasteiger partial charge in [0.05, 0.1) is 18.6 Å². The fourth-order valence-corrected chi connectivity index (χ4v) is 5.64. The first-order chi connectivity index (χ1) is 15.8. The molecule has 0 aromatic heterocycles. The second-order valence-corrected chi connectivity index (χ2v) is 11.0. The quantitative estimate of drug-likeness (QED) is 0.464. The lowest BCUT2D eigenvalue weighted by atomic mass is 9.72. The van der Waals surface area contributed by atoms with Gasteiger partial charge in [-0.25, -0.2) is 0 Å². The van der Waals surface area contributed by atoms with Gasteiger partial charge in [-0.2, -0.15) is 0 Å². The fraction of sp³-hybridized carbons (Fsp3) is 0.621. The Balaban J connectivity index is 1.41. The van der Waals surface area contributed by atoms with Gasteiger partial charge >= 0.3 is 5.97 Å². The van der Waals surface area contributed by atoms with Gasteiger partial charge in [-0.1, -0.05) is 51.1 Å². The second kappa shape index (κ2) is 10.5. The number of benzene rings is 2. The number of fused-ring (bicyclic) bond motifs is 1. The highest BCUT2D eigenvalue weighted by molar-refractivity contribution is 5.91. The first-order valence-electron chi connectivity index (χ1n) is 12.9. The lowest BCUT2D eigenvalue weighted by Gasteiger charge is -2.37. The summed E-state index contributed by atoms with van der Waals surface area (Å²) in [5.74, 6) is 1.85. The van der Waals surface area contributed by atoms with Crippen LogP contribution in [-0.2, 0) is 16.1 Å². The van der Waals surface area contributed by atoms with Crippen LogP contribution in [-0.4, -0.2) is 36.7 Å². The van der Waals surface area contributed by atoms with Crippen molar-refractivity contribution in [1.82, 2.24) is 4.90 Å². The highest BCUT2D eigenvalue weighted by Crippen LogP contribution is 2.39. The molecule has 0 N–H and O–H groups in total. The van der Waals surface area contributed by atoms with Crippen molar-refractivity contribution in [3.05, 3.63) is 42.0 Å². The summed E-state index contributed by atoms with van der Waals surface area (Å²) in [5.41, 5.74) is 1.73. The molecular weight excluding hydrogens is 410 g/mol. The predicted molar refractivity (Wildman–Crippen MR) is 134 cm³/mol. The number of carbonyl (C=O) groups excluding carboxylic acids is 1. The highest BCUT2D eigenvalue weighted by Gasteiger charge is 2.31. The number of ether oxygens (including phenoxy) is 2. The molecule has 1 aliphatic carbocycles. The number of hydrogen-bond acceptors (Lipinski definition) is 4. The van der Waals surface area contributed by atoms with Crippen molar-refractivity contribution in [1.29, 1.82) is 0 Å². The van der Waals surface area contributed by atoms with Gasteiger partial charge in [-0.3, -0.25) is 9.69 Å². The van der Waals surface area contributed by atoms with Crippen LogP contribution >= 0.6 is 0 Å². The molecule has 0 spiro atoms. The predicted octanol–water partition coefficient (Wildman–Crippen LogP) is 6.60. The number of rotatable bonds is 6. The van der Waals surface area contributed by atoms with Gasteiger partial charge in [0.2, 0.25) is 0 Å². The van der Waals surface area contributed by atoms with Crippen molar-refractivity contribution < 1.29 is 14.3 Å². The molecule has 2 fully saturated rings. The Bertz CT molecular complexity index is 932. The van der Waals surface area contributed by atoms with Gasteiger partial charge in [0, 0.05) is 11.9 Å². The van der Waals surface area contributed by atoms with E-state index in [-0.39, 0.29) is 11.9 Å². The van der Waals surface area contributed by atoms with Crippen molar-refractivity contribution in [2.75, 3.05) is 19.7 Å². The number of piperidine rings is 1. The number of likely N-dealkylation sites (tertiary alicyclic amines) is 1. The number of hydrogen-bond donors (Lipinski definition) is 0. The average Bonchev–Trinajstić information content (AvgIpc) is 2.80. The smallest absolute Gasteiger partial charge is 0.309 e. The van der Waals surface area contributed by atoms with E-state index in [1.54, 1.807) is 0 Å². The van der Waals surface area contributed by atoms with Crippen LogP contribution in [0.1, 0.15) is 71.8 Å². The summed E-state index contributed by atoms with van der Waals surface area (Å²) in [5, 5.41) is 2.50. The summed E-state index contributed by atoms with van der Waals surface area (Å²) in [6, 6.07) is 13.1. The molecule has 0 radical (unpaired) electrons. The van der Waals surface area contributed by atoms with E-state index in [0.717, 1.165) is 57.0 Å². The van der Waals surface area contributed by atoms with Crippen LogP contribution in [0, 0.1) is 17.3 Å². The molecule has 33 heavy (non-hydrogen) atoms. The maximum absolute atomic E-state index is 12.1. The monoisotopic (exact) mass is 451 g/mol. The third kappa shape index (κ3) is 5.90. The molecule has 2 aliphatic rings. The van der Waals surface area contributed by atoms with E-state index >= 15 is 0 Å². The van der Waals surface area contributed by atoms with E-state index in [4.69, 9.17) is 9.47 Å². The topological polar surface area (TPSA) is 38.8 Å². The first kappa shape index (κ1) is 24.1. The third-order valence-corrected chi connectivity index (χ3v) is 7.77. The second-order valence-electron chi connectivity index (χ2n) is 11.0. The minimum absolute atomic E-state index is 0.0272. The van der Waals surface area contributed by atoms with Crippen LogP contribution in [0.15, 0.2) is 36.4 Å². The minimum Gasteiger partial charge on any atom is -0.490 e. The van der Waals surface area contributed by atoms with E-state index in [1.807, 2.05) is 6.92 Å². The molecular formula is C29H41NO3. The van der Waals surface area contributed by atoms with E-state index < -0.39 is 0 Å². The van der Waals surface area contributed by atoms with Crippen LogP contribution in [0.2, 0.25) is 0 Å². The van der Waals surface area contributed by atoms with E-state index in [1.165, 1.54) is 29.2 Å². The Labute approximate surface area is 199 Å². The van der Waals surface area contributed by atoms with Crippen LogP contribution in [0.5, 0.6) is 5.75 Å². The third-order valence-electron chi connectivity index (χ3n) is 7.77. The zero-order valence-electron chi connectivity index (χ0n) is 20.9. The Hall–Kier alpha value is -2.07. The lowest BCUT2D eigenvalue weighted by molar-refractivity contribution is -0.149. The summed E-state index contributed by atoms with van der Waals surface area (Å²) < 4.78 is 11.8. The van der Waals surface area contributed by atoms with Gasteiger partial charge in [0.25, 0.3) is 0 Å². The van der Waals surface area contributed by atoms with Gasteiger partial charge in [-0.15, -0.1) is 0 Å². The summed E-state index contributed by atoms with van der Waals surface area (Å²) in [6.07, 6.45) is 6.89. The highest BCUT2D eigenvalue weighted by atomic mass is 16.5. The zero-order valence-corrected chi connectivity index (χ0v) is 20.9. The number of carbonyl (C=O) groups is 1. The Morgan fingerprint density at radius 2 is 1.61 bits per heavy atom. The summed E-state index contributed by atoms with van der Waals surface area (Å²) in [7, 11) is 0. The van der Waals surface area contributed by atoms with Crippen LogP contribution in [0.4, 0.5) is 0 Å². The molecule has 180 valence electrons. The number of nitrogens with zero attached hydrogens (tertiary/aromatic N) is 1. The fourth-order valence-electron chi connectivity index (χ4n) is 5.64. The van der Waals surface area contributed by atoms with Crippen molar-refractivity contribution in [2.24, 2.45) is 17.3 Å². The standard InChI is InChI=1S/C29H41NO3/c1-5-32-28(31)21-16-18-30(19-17-21)20-22-8-6-10-26-25(22)9-7-11-27(26)33-24-14-12-23(13-15-24)29(2,3)4/h6-11,21,23-24H,5,12-20H2,1-4H3/t23-,24-. The van der Waals surface area contributed by atoms with Crippen molar-refractivity contribution >= 4 is 16.7 Å². The Morgan fingerprint density at radius 3 is 2.27 bits per heavy atom. The maximum Gasteiger partial charge on any atom is 0.309 e. The maximum atomic E-state index is 12.1. The minimum atomic E-state index is -0.0272.